The topological polar surface area (TPSA) is 112 Å². The van der Waals surface area contributed by atoms with Crippen molar-refractivity contribution < 1.29 is 39.1 Å². The summed E-state index contributed by atoms with van der Waals surface area (Å²) in [6, 6.07) is 0. The minimum atomic E-state index is -1.02. The Kier molecular flexibility index (Phi) is 8.17. The maximum Gasteiger partial charge on any atom is 0.306 e. The summed E-state index contributed by atoms with van der Waals surface area (Å²) in [5, 5.41) is 20.9. The smallest absolute Gasteiger partial charge is 0.306 e. The number of rotatable bonds is 6. The molecule has 2 heterocycles. The van der Waals surface area contributed by atoms with Gasteiger partial charge < -0.3 is 19.3 Å². The highest BCUT2D eigenvalue weighted by atomic mass is 17.1. The molecule has 3 aliphatic rings. The molecule has 1 saturated carbocycles. The van der Waals surface area contributed by atoms with Gasteiger partial charge in [0.1, 0.15) is 23.4 Å². The summed E-state index contributed by atoms with van der Waals surface area (Å²) >= 11 is 0. The lowest BCUT2D eigenvalue weighted by Crippen LogP contribution is -2.60. The van der Waals surface area contributed by atoms with E-state index >= 15 is 0 Å². The Balaban J connectivity index is 2.15. The van der Waals surface area contributed by atoms with Crippen molar-refractivity contribution in [3.8, 4) is 0 Å². The van der Waals surface area contributed by atoms with Crippen LogP contribution in [0.4, 0.5) is 0 Å². The minimum absolute atomic E-state index is 0.129. The molecule has 0 aromatic carbocycles. The number of aliphatic hydroxyl groups is 1. The number of fused-ring (bicyclic) bond motifs is 5. The Bertz CT molecular complexity index is 781. The van der Waals surface area contributed by atoms with E-state index in [4.69, 9.17) is 19.1 Å². The average Bonchev–Trinajstić information content (AvgIpc) is 3.08. The molecule has 0 spiro atoms. The van der Waals surface area contributed by atoms with Crippen molar-refractivity contribution in [3.63, 3.8) is 0 Å². The molecule has 8 nitrogen and oxygen atoms in total. The van der Waals surface area contributed by atoms with E-state index in [9.17, 15) is 20.0 Å². The number of aliphatic hydroxyl groups excluding tert-OH is 1. The molecule has 9 unspecified atom stereocenters. The Morgan fingerprint density at radius 2 is 1.91 bits per heavy atom. The molecule has 2 bridgehead atoms. The van der Waals surface area contributed by atoms with Gasteiger partial charge in [0.15, 0.2) is 0 Å². The van der Waals surface area contributed by atoms with E-state index < -0.39 is 41.6 Å². The van der Waals surface area contributed by atoms with Gasteiger partial charge in [0, 0.05) is 31.6 Å². The van der Waals surface area contributed by atoms with Gasteiger partial charge in [0.2, 0.25) is 0 Å². The van der Waals surface area contributed by atoms with E-state index in [0.29, 0.717) is 37.7 Å². The van der Waals surface area contributed by atoms with E-state index in [2.05, 4.69) is 20.4 Å². The molecular weight excluding hydrogens is 440 g/mol. The van der Waals surface area contributed by atoms with Crippen LogP contribution in [0.2, 0.25) is 0 Å². The number of carbonyl (C=O) groups excluding carboxylic acids is 2. The Morgan fingerprint density at radius 1 is 1.24 bits per heavy atom. The zero-order valence-electron chi connectivity index (χ0n) is 21.4. The van der Waals surface area contributed by atoms with Crippen molar-refractivity contribution in [2.24, 2.45) is 23.7 Å². The van der Waals surface area contributed by atoms with Crippen LogP contribution in [0.15, 0.2) is 12.2 Å². The fourth-order valence-corrected chi connectivity index (χ4v) is 6.94. The van der Waals surface area contributed by atoms with Gasteiger partial charge in [-0.25, -0.2) is 4.89 Å². The predicted octanol–water partition coefficient (Wildman–Crippen LogP) is 4.05. The number of esters is 2. The second-order valence-electron chi connectivity index (χ2n) is 11.2. The summed E-state index contributed by atoms with van der Waals surface area (Å²) in [7, 11) is 0. The van der Waals surface area contributed by atoms with Crippen molar-refractivity contribution in [1.82, 2.24) is 0 Å². The number of hydrogen-bond acceptors (Lipinski definition) is 8. The number of hydrogen-bond donors (Lipinski definition) is 2. The first-order chi connectivity index (χ1) is 15.9. The molecule has 8 heteroatoms. The molecule has 34 heavy (non-hydrogen) atoms. The normalized spacial score (nSPS) is 42.4. The molecule has 0 amide bonds. The van der Waals surface area contributed by atoms with Gasteiger partial charge in [-0.15, -0.1) is 0 Å². The van der Waals surface area contributed by atoms with Crippen molar-refractivity contribution in [2.75, 3.05) is 0 Å². The predicted molar refractivity (Wildman–Crippen MR) is 125 cm³/mol. The van der Waals surface area contributed by atoms with E-state index in [1.54, 1.807) is 0 Å². The van der Waals surface area contributed by atoms with Crippen LogP contribution in [0.1, 0.15) is 80.1 Å². The highest BCUT2D eigenvalue weighted by Crippen LogP contribution is 2.58. The lowest BCUT2D eigenvalue weighted by molar-refractivity contribution is -0.272. The van der Waals surface area contributed by atoms with Gasteiger partial charge in [0.25, 0.3) is 0 Å². The van der Waals surface area contributed by atoms with Crippen LogP contribution >= 0.6 is 0 Å². The van der Waals surface area contributed by atoms with Crippen molar-refractivity contribution >= 4 is 11.9 Å². The van der Waals surface area contributed by atoms with E-state index in [-0.39, 0.29) is 36.1 Å². The molecule has 1 aliphatic carbocycles. The van der Waals surface area contributed by atoms with Crippen LogP contribution in [0, 0.1) is 23.7 Å². The van der Waals surface area contributed by atoms with E-state index in [0.717, 1.165) is 0 Å². The largest absolute Gasteiger partial charge is 0.459 e. The first-order valence-corrected chi connectivity index (χ1v) is 12.6. The summed E-state index contributed by atoms with van der Waals surface area (Å²) in [6.07, 6.45) is 0.184. The van der Waals surface area contributed by atoms with Crippen LogP contribution in [0.25, 0.3) is 0 Å². The number of ether oxygens (including phenoxy) is 3. The van der Waals surface area contributed by atoms with Gasteiger partial charge in [-0.3, -0.25) is 14.8 Å². The van der Waals surface area contributed by atoms with Gasteiger partial charge in [-0.2, -0.15) is 0 Å². The van der Waals surface area contributed by atoms with Gasteiger partial charge in [-0.1, -0.05) is 27.4 Å². The van der Waals surface area contributed by atoms with Gasteiger partial charge >= 0.3 is 11.9 Å². The van der Waals surface area contributed by atoms with E-state index in [1.807, 2.05) is 20.8 Å². The lowest BCUT2D eigenvalue weighted by atomic mass is 9.56. The molecule has 3 fully saturated rings. The third kappa shape index (κ3) is 5.06. The molecule has 2 N–H and O–H groups in total. The molecule has 9 atom stereocenters. The highest BCUT2D eigenvalue weighted by Gasteiger charge is 2.66. The second kappa shape index (κ2) is 10.2. The van der Waals surface area contributed by atoms with Crippen LogP contribution in [0.3, 0.4) is 0 Å². The molecule has 194 valence electrons. The van der Waals surface area contributed by atoms with E-state index in [1.165, 1.54) is 6.92 Å². The minimum Gasteiger partial charge on any atom is -0.459 e. The maximum atomic E-state index is 12.7. The monoisotopic (exact) mass is 482 g/mol. The van der Waals surface area contributed by atoms with Crippen LogP contribution < -0.4 is 0 Å². The average molecular weight is 483 g/mol. The summed E-state index contributed by atoms with van der Waals surface area (Å²) in [5.41, 5.74) is -1.31. The fourth-order valence-electron chi connectivity index (χ4n) is 6.94. The lowest BCUT2D eigenvalue weighted by Gasteiger charge is -2.52. The fraction of sp³-hybridized carbons (Fsp3) is 0.846. The summed E-state index contributed by atoms with van der Waals surface area (Å²) in [6.45, 7) is 15.3. The number of carbonyl (C=O) groups is 2. The van der Waals surface area contributed by atoms with Gasteiger partial charge in [0.05, 0.1) is 12.2 Å². The molecule has 0 aromatic rings. The van der Waals surface area contributed by atoms with Gasteiger partial charge in [-0.05, 0) is 56.9 Å². The molecule has 2 aliphatic heterocycles. The van der Waals surface area contributed by atoms with Crippen LogP contribution in [-0.2, 0) is 28.7 Å². The van der Waals surface area contributed by atoms with Crippen molar-refractivity contribution in [2.45, 2.75) is 116 Å². The zero-order valence-corrected chi connectivity index (χ0v) is 21.4. The molecule has 3 rings (SSSR count). The third-order valence-electron chi connectivity index (χ3n) is 8.19. The third-order valence-corrected chi connectivity index (χ3v) is 8.19. The Hall–Kier alpha value is -1.48. The SMILES string of the molecule is C=C1CC2OC(C3C(C(C)C)C(O)CC(C)(OC(C)=O)C23)C(C)(OC(=O)CCC)CCC1OO. The Morgan fingerprint density at radius 3 is 2.47 bits per heavy atom. The molecular formula is C26H42O8. The summed E-state index contributed by atoms with van der Waals surface area (Å²) in [4.78, 5) is 29.6. The van der Waals surface area contributed by atoms with Crippen molar-refractivity contribution in [1.29, 1.82) is 0 Å². The molecule has 0 radical (unpaired) electrons. The highest BCUT2D eigenvalue weighted by molar-refractivity contribution is 5.70. The zero-order chi connectivity index (χ0) is 25.4. The standard InChI is InChI=1S/C26H42O8/c1-8-9-20(29)33-25(6)11-10-18(34-30)15(4)12-19-23-22(24(25)31-19)21(14(2)3)17(28)13-26(23,7)32-16(5)27/h14,17-19,21-24,28,30H,4,8-13H2,1-3,5-7H3. The molecule has 2 saturated heterocycles. The van der Waals surface area contributed by atoms with Crippen molar-refractivity contribution in [3.05, 3.63) is 12.2 Å². The Labute approximate surface area is 202 Å². The molecule has 0 aromatic heterocycles. The maximum absolute atomic E-state index is 12.7. The first-order valence-electron chi connectivity index (χ1n) is 12.6. The van der Waals surface area contributed by atoms with Crippen LogP contribution in [-0.4, -0.2) is 57.9 Å². The van der Waals surface area contributed by atoms with Crippen LogP contribution in [0.5, 0.6) is 0 Å². The summed E-state index contributed by atoms with van der Waals surface area (Å²) < 4.78 is 18.7. The second-order valence-corrected chi connectivity index (χ2v) is 11.2. The summed E-state index contributed by atoms with van der Waals surface area (Å²) in [5.74, 6) is -1.20. The quantitative estimate of drug-likeness (QED) is 0.252. The first kappa shape index (κ1) is 27.1.